The molecule has 1 amide bonds. The Morgan fingerprint density at radius 2 is 1.77 bits per heavy atom. The van der Waals surface area contributed by atoms with Crippen molar-refractivity contribution in [1.82, 2.24) is 14.8 Å². The predicted molar refractivity (Wildman–Crippen MR) is 118 cm³/mol. The van der Waals surface area contributed by atoms with Crippen molar-refractivity contribution in [3.05, 3.63) is 65.7 Å². The third kappa shape index (κ3) is 5.71. The van der Waals surface area contributed by atoms with Gasteiger partial charge in [-0.05, 0) is 49.7 Å². The Morgan fingerprint density at radius 1 is 1.13 bits per heavy atom. The van der Waals surface area contributed by atoms with Crippen molar-refractivity contribution >= 4 is 33.2 Å². The highest BCUT2D eigenvalue weighted by Crippen LogP contribution is 2.26. The highest BCUT2D eigenvalue weighted by Gasteiger charge is 2.24. The van der Waals surface area contributed by atoms with Crippen LogP contribution < -0.4 is 5.32 Å². The molecule has 31 heavy (non-hydrogen) atoms. The summed E-state index contributed by atoms with van der Waals surface area (Å²) in [5.41, 5.74) is 1.47. The van der Waals surface area contributed by atoms with Gasteiger partial charge in [0.15, 0.2) is 15.0 Å². The van der Waals surface area contributed by atoms with Gasteiger partial charge in [0, 0.05) is 12.7 Å². The molecule has 3 aromatic rings. The topological polar surface area (TPSA) is 93.9 Å². The number of anilines is 1. The maximum Gasteiger partial charge on any atom is 0.237 e. The second kappa shape index (κ2) is 9.61. The van der Waals surface area contributed by atoms with Crippen molar-refractivity contribution in [3.8, 4) is 0 Å². The van der Waals surface area contributed by atoms with E-state index >= 15 is 0 Å². The van der Waals surface area contributed by atoms with Gasteiger partial charge in [-0.25, -0.2) is 12.8 Å². The molecule has 0 aliphatic rings. The van der Waals surface area contributed by atoms with Crippen molar-refractivity contribution in [2.75, 3.05) is 5.32 Å². The lowest BCUT2D eigenvalue weighted by molar-refractivity contribution is -0.115. The fraction of sp³-hybridized carbons (Fsp3) is 0.286. The number of hydrogen-bond acceptors (Lipinski definition) is 6. The highest BCUT2D eigenvalue weighted by molar-refractivity contribution is 8.00. The fourth-order valence-corrected chi connectivity index (χ4v) is 5.03. The first kappa shape index (κ1) is 23.0. The molecule has 0 saturated heterocycles. The third-order valence-electron chi connectivity index (χ3n) is 4.65. The Labute approximate surface area is 185 Å². The van der Waals surface area contributed by atoms with E-state index in [1.807, 2.05) is 13.8 Å². The molecule has 7 nitrogen and oxygen atoms in total. The number of carbonyl (C=O) groups is 1. The summed E-state index contributed by atoms with van der Waals surface area (Å²) in [5, 5.41) is 10.8. The minimum atomic E-state index is -3.58. The van der Waals surface area contributed by atoms with Crippen LogP contribution in [0.4, 0.5) is 10.1 Å². The first-order valence-corrected chi connectivity index (χ1v) is 12.1. The predicted octanol–water partition coefficient (Wildman–Crippen LogP) is 3.75. The maximum atomic E-state index is 13.0. The largest absolute Gasteiger partial charge is 0.325 e. The normalized spacial score (nSPS) is 12.5. The van der Waals surface area contributed by atoms with E-state index in [2.05, 4.69) is 15.5 Å². The molecule has 164 valence electrons. The maximum absolute atomic E-state index is 13.0. The number of nitrogens with one attached hydrogen (secondary N) is 1. The Balaban J connectivity index is 1.71. The SMILES string of the molecule is CCC(Sc1nnc(CS(=O)(=O)c2ccc(C)cc2)n1C)C(=O)Nc1ccc(F)cc1. The molecule has 0 spiro atoms. The molecule has 0 aliphatic carbocycles. The monoisotopic (exact) mass is 462 g/mol. The number of aryl methyl sites for hydroxylation is 1. The number of carbonyl (C=O) groups excluding carboxylic acids is 1. The molecule has 1 heterocycles. The number of halogens is 1. The van der Waals surface area contributed by atoms with Crippen molar-refractivity contribution < 1.29 is 17.6 Å². The van der Waals surface area contributed by atoms with Crippen molar-refractivity contribution in [2.24, 2.45) is 7.05 Å². The van der Waals surface area contributed by atoms with Crippen LogP contribution in [-0.2, 0) is 27.4 Å². The van der Waals surface area contributed by atoms with Crippen LogP contribution in [0.15, 0.2) is 58.6 Å². The average molecular weight is 463 g/mol. The zero-order valence-electron chi connectivity index (χ0n) is 17.4. The smallest absolute Gasteiger partial charge is 0.237 e. The molecule has 0 saturated carbocycles. The Bertz CT molecular complexity index is 1160. The quantitative estimate of drug-likeness (QED) is 0.513. The van der Waals surface area contributed by atoms with Crippen LogP contribution in [0, 0.1) is 12.7 Å². The van der Waals surface area contributed by atoms with E-state index in [1.165, 1.54) is 36.0 Å². The number of thioether (sulfide) groups is 1. The van der Waals surface area contributed by atoms with E-state index in [9.17, 15) is 17.6 Å². The van der Waals surface area contributed by atoms with Crippen LogP contribution >= 0.6 is 11.8 Å². The van der Waals surface area contributed by atoms with Gasteiger partial charge in [-0.1, -0.05) is 36.4 Å². The van der Waals surface area contributed by atoms with Gasteiger partial charge in [-0.15, -0.1) is 10.2 Å². The van der Waals surface area contributed by atoms with Gasteiger partial charge in [-0.3, -0.25) is 4.79 Å². The standard InChI is InChI=1S/C21H23FN4O3S2/c1-4-18(20(27)23-16-9-7-15(22)8-10-16)30-21-25-24-19(26(21)3)13-31(28,29)17-11-5-14(2)6-12-17/h5-12,18H,4,13H2,1-3H3,(H,23,27). The Morgan fingerprint density at radius 3 is 2.39 bits per heavy atom. The Kier molecular flexibility index (Phi) is 7.11. The molecular weight excluding hydrogens is 439 g/mol. The molecular formula is C21H23FN4O3S2. The molecule has 0 aliphatic heterocycles. The van der Waals surface area contributed by atoms with E-state index in [0.29, 0.717) is 17.3 Å². The van der Waals surface area contributed by atoms with Gasteiger partial charge in [0.25, 0.3) is 0 Å². The zero-order chi connectivity index (χ0) is 22.6. The molecule has 3 rings (SSSR count). The van der Waals surface area contributed by atoms with Crippen LogP contribution in [0.2, 0.25) is 0 Å². The lowest BCUT2D eigenvalue weighted by Crippen LogP contribution is -2.25. The molecule has 0 fully saturated rings. The van der Waals surface area contributed by atoms with E-state index in [0.717, 1.165) is 5.56 Å². The second-order valence-electron chi connectivity index (χ2n) is 7.04. The summed E-state index contributed by atoms with van der Waals surface area (Å²) in [7, 11) is -1.90. The molecule has 1 aromatic heterocycles. The van der Waals surface area contributed by atoms with Crippen LogP contribution in [-0.4, -0.2) is 34.3 Å². The summed E-state index contributed by atoms with van der Waals surface area (Å²) < 4.78 is 40.1. The van der Waals surface area contributed by atoms with Crippen LogP contribution in [0.5, 0.6) is 0 Å². The van der Waals surface area contributed by atoms with Crippen LogP contribution in [0.3, 0.4) is 0 Å². The first-order chi connectivity index (χ1) is 14.7. The summed E-state index contributed by atoms with van der Waals surface area (Å²) in [6, 6.07) is 12.2. The summed E-state index contributed by atoms with van der Waals surface area (Å²) in [6.45, 7) is 3.75. The van der Waals surface area contributed by atoms with Crippen molar-refractivity contribution in [2.45, 2.75) is 41.3 Å². The number of sulfone groups is 1. The van der Waals surface area contributed by atoms with Gasteiger partial charge >= 0.3 is 0 Å². The van der Waals surface area contributed by atoms with Crippen molar-refractivity contribution in [3.63, 3.8) is 0 Å². The van der Waals surface area contributed by atoms with Gasteiger partial charge in [0.2, 0.25) is 5.91 Å². The third-order valence-corrected chi connectivity index (χ3v) is 7.67. The molecule has 0 bridgehead atoms. The first-order valence-electron chi connectivity index (χ1n) is 9.60. The Hall–Kier alpha value is -2.72. The number of benzene rings is 2. The summed E-state index contributed by atoms with van der Waals surface area (Å²) in [6.07, 6.45) is 0.515. The summed E-state index contributed by atoms with van der Waals surface area (Å²) in [5.74, 6) is -0.641. The minimum absolute atomic E-state index is 0.223. The molecule has 10 heteroatoms. The zero-order valence-corrected chi connectivity index (χ0v) is 19.0. The van der Waals surface area contributed by atoms with Crippen LogP contribution in [0.25, 0.3) is 0 Å². The van der Waals surface area contributed by atoms with Crippen molar-refractivity contribution in [1.29, 1.82) is 0 Å². The lowest BCUT2D eigenvalue weighted by Gasteiger charge is -2.14. The van der Waals surface area contributed by atoms with E-state index in [1.54, 1.807) is 35.9 Å². The lowest BCUT2D eigenvalue weighted by atomic mass is 10.2. The summed E-state index contributed by atoms with van der Waals surface area (Å²) in [4.78, 5) is 12.8. The van der Waals surface area contributed by atoms with Gasteiger partial charge < -0.3 is 9.88 Å². The van der Waals surface area contributed by atoms with Gasteiger partial charge in [-0.2, -0.15) is 0 Å². The number of nitrogens with zero attached hydrogens (tertiary/aromatic N) is 3. The fourth-order valence-electron chi connectivity index (χ4n) is 2.78. The number of hydrogen-bond donors (Lipinski definition) is 1. The summed E-state index contributed by atoms with van der Waals surface area (Å²) >= 11 is 1.20. The number of amides is 1. The second-order valence-corrected chi connectivity index (χ2v) is 10.2. The number of rotatable bonds is 8. The molecule has 2 aromatic carbocycles. The van der Waals surface area contributed by atoms with Gasteiger partial charge in [0.05, 0.1) is 10.1 Å². The molecule has 1 N–H and O–H groups in total. The van der Waals surface area contributed by atoms with E-state index in [4.69, 9.17) is 0 Å². The highest BCUT2D eigenvalue weighted by atomic mass is 32.2. The van der Waals surface area contributed by atoms with Gasteiger partial charge in [0.1, 0.15) is 17.4 Å². The average Bonchev–Trinajstić information content (AvgIpc) is 3.06. The molecule has 0 radical (unpaired) electrons. The molecule has 1 atom stereocenters. The van der Waals surface area contributed by atoms with E-state index < -0.39 is 15.1 Å². The minimum Gasteiger partial charge on any atom is -0.325 e. The molecule has 1 unspecified atom stereocenters. The van der Waals surface area contributed by atoms with E-state index in [-0.39, 0.29) is 28.2 Å². The number of aromatic nitrogens is 3. The van der Waals surface area contributed by atoms with Crippen LogP contribution in [0.1, 0.15) is 24.7 Å².